The van der Waals surface area contributed by atoms with Gasteiger partial charge in [-0.25, -0.2) is 4.98 Å². The highest BCUT2D eigenvalue weighted by Gasteiger charge is 2.45. The van der Waals surface area contributed by atoms with Crippen molar-refractivity contribution in [3.8, 4) is 0 Å². The fraction of sp³-hybridized carbons (Fsp3) is 0.692. The van der Waals surface area contributed by atoms with Crippen LogP contribution in [0.4, 0.5) is 5.82 Å². The third-order valence-corrected chi connectivity index (χ3v) is 4.41. The van der Waals surface area contributed by atoms with E-state index in [1.807, 2.05) is 0 Å². The second kappa shape index (κ2) is 4.46. The number of hydrogen-bond acceptors (Lipinski definition) is 5. The molecule has 110 valence electrons. The Bertz CT molecular complexity index is 532. The number of hydrogen-bond donors (Lipinski definition) is 1. The van der Waals surface area contributed by atoms with Crippen LogP contribution in [0.3, 0.4) is 0 Å². The summed E-state index contributed by atoms with van der Waals surface area (Å²) in [6, 6.07) is 0. The molecule has 0 aromatic carbocycles. The number of fused-ring (bicyclic) bond motifs is 1. The van der Waals surface area contributed by atoms with Gasteiger partial charge >= 0.3 is 0 Å². The zero-order valence-electron chi connectivity index (χ0n) is 12.0. The van der Waals surface area contributed by atoms with Crippen molar-refractivity contribution in [3.63, 3.8) is 0 Å². The van der Waals surface area contributed by atoms with Crippen molar-refractivity contribution < 1.29 is 14.6 Å². The average Bonchev–Trinajstić information content (AvgIpc) is 2.77. The van der Waals surface area contributed by atoms with Gasteiger partial charge in [-0.1, -0.05) is 6.92 Å². The van der Waals surface area contributed by atoms with E-state index in [0.29, 0.717) is 31.3 Å². The minimum absolute atomic E-state index is 0.0342. The summed E-state index contributed by atoms with van der Waals surface area (Å²) in [7, 11) is 3.53. The molecule has 0 aliphatic carbocycles. The Labute approximate surface area is 117 Å². The first kappa shape index (κ1) is 13.4. The Morgan fingerprint density at radius 3 is 2.75 bits per heavy atom. The highest BCUT2D eigenvalue weighted by Crippen LogP contribution is 2.35. The van der Waals surface area contributed by atoms with Gasteiger partial charge in [-0.3, -0.25) is 9.69 Å². The molecule has 0 bridgehead atoms. The topological polar surface area (TPSA) is 70.8 Å². The van der Waals surface area contributed by atoms with E-state index in [1.165, 1.54) is 4.90 Å². The Balaban J connectivity index is 1.92. The Kier molecular flexibility index (Phi) is 2.98. The summed E-state index contributed by atoms with van der Waals surface area (Å²) in [5.74, 6) is 0.349. The van der Waals surface area contributed by atoms with Crippen LogP contribution in [0.5, 0.6) is 0 Å². The standard InChI is InChI=1S/C13H20N4O3/c1-4-13(6-20-7-13)5-17-11(18)9-10(14-8-15(9)2)16(3)12(17)19/h8,12,19H,4-7H2,1-3H3. The molecule has 3 rings (SSSR count). The van der Waals surface area contributed by atoms with Crippen LogP contribution in [0.2, 0.25) is 0 Å². The van der Waals surface area contributed by atoms with Crippen LogP contribution in [0, 0.1) is 5.41 Å². The van der Waals surface area contributed by atoms with E-state index in [-0.39, 0.29) is 11.3 Å². The fourth-order valence-corrected chi connectivity index (χ4v) is 2.79. The summed E-state index contributed by atoms with van der Waals surface area (Å²) in [5.41, 5.74) is 0.484. The third-order valence-electron chi connectivity index (χ3n) is 4.41. The SMILES string of the molecule is CCC1(CN2C(=O)c3c(ncn3C)N(C)C2O)COC1. The molecule has 1 amide bonds. The first-order chi connectivity index (χ1) is 9.49. The molecular weight excluding hydrogens is 260 g/mol. The van der Waals surface area contributed by atoms with Crippen molar-refractivity contribution in [3.05, 3.63) is 12.0 Å². The van der Waals surface area contributed by atoms with E-state index >= 15 is 0 Å². The van der Waals surface area contributed by atoms with Crippen molar-refractivity contribution in [1.29, 1.82) is 0 Å². The van der Waals surface area contributed by atoms with Crippen molar-refractivity contribution in [2.24, 2.45) is 12.5 Å². The molecule has 2 aliphatic heterocycles. The number of carbonyl (C=O) groups is 1. The molecule has 7 nitrogen and oxygen atoms in total. The highest BCUT2D eigenvalue weighted by molar-refractivity contribution is 5.99. The van der Waals surface area contributed by atoms with Crippen LogP contribution in [0.15, 0.2) is 6.33 Å². The molecule has 1 saturated heterocycles. The minimum Gasteiger partial charge on any atom is -0.380 e. The van der Waals surface area contributed by atoms with Crippen LogP contribution in [0.25, 0.3) is 0 Å². The lowest BCUT2D eigenvalue weighted by molar-refractivity contribution is -0.138. The largest absolute Gasteiger partial charge is 0.380 e. The maximum atomic E-state index is 12.6. The molecule has 1 N–H and O–H groups in total. The smallest absolute Gasteiger partial charge is 0.277 e. The predicted molar refractivity (Wildman–Crippen MR) is 72.2 cm³/mol. The van der Waals surface area contributed by atoms with Crippen molar-refractivity contribution in [2.45, 2.75) is 19.7 Å². The van der Waals surface area contributed by atoms with Crippen molar-refractivity contribution in [1.82, 2.24) is 14.5 Å². The zero-order chi connectivity index (χ0) is 14.5. The molecule has 0 radical (unpaired) electrons. The maximum Gasteiger partial charge on any atom is 0.277 e. The van der Waals surface area contributed by atoms with Crippen molar-refractivity contribution in [2.75, 3.05) is 31.7 Å². The van der Waals surface area contributed by atoms with Crippen LogP contribution in [-0.4, -0.2) is 58.6 Å². The molecular formula is C13H20N4O3. The first-order valence-corrected chi connectivity index (χ1v) is 6.80. The number of imidazole rings is 1. The molecule has 1 fully saturated rings. The van der Waals surface area contributed by atoms with E-state index in [1.54, 1.807) is 29.9 Å². The van der Waals surface area contributed by atoms with Crippen LogP contribution < -0.4 is 4.90 Å². The first-order valence-electron chi connectivity index (χ1n) is 6.80. The molecule has 1 aromatic rings. The number of anilines is 1. The van der Waals surface area contributed by atoms with Gasteiger partial charge in [-0.15, -0.1) is 0 Å². The van der Waals surface area contributed by atoms with Gasteiger partial charge in [-0.2, -0.15) is 0 Å². The summed E-state index contributed by atoms with van der Waals surface area (Å²) in [6.07, 6.45) is 1.54. The van der Waals surface area contributed by atoms with Gasteiger partial charge in [0, 0.05) is 26.1 Å². The summed E-state index contributed by atoms with van der Waals surface area (Å²) in [4.78, 5) is 19.9. The molecule has 1 atom stereocenters. The molecule has 1 aromatic heterocycles. The second-order valence-electron chi connectivity index (χ2n) is 5.76. The summed E-state index contributed by atoms with van der Waals surface area (Å²) >= 11 is 0. The molecule has 2 aliphatic rings. The Morgan fingerprint density at radius 2 is 2.20 bits per heavy atom. The number of aryl methyl sites for hydroxylation is 1. The number of nitrogens with zero attached hydrogens (tertiary/aromatic N) is 4. The second-order valence-corrected chi connectivity index (χ2v) is 5.76. The van der Waals surface area contributed by atoms with Gasteiger partial charge in [0.25, 0.3) is 5.91 Å². The van der Waals surface area contributed by atoms with Gasteiger partial charge in [0.05, 0.1) is 19.5 Å². The molecule has 20 heavy (non-hydrogen) atoms. The van der Waals surface area contributed by atoms with E-state index < -0.39 is 6.35 Å². The number of rotatable bonds is 3. The Morgan fingerprint density at radius 1 is 1.50 bits per heavy atom. The number of aliphatic hydroxyl groups is 1. The van der Waals surface area contributed by atoms with Crippen LogP contribution >= 0.6 is 0 Å². The number of carbonyl (C=O) groups excluding carboxylic acids is 1. The predicted octanol–water partition coefficient (Wildman–Crippen LogP) is 0.0146. The summed E-state index contributed by atoms with van der Waals surface area (Å²) in [5, 5.41) is 10.4. The van der Waals surface area contributed by atoms with Crippen molar-refractivity contribution >= 4 is 11.7 Å². The van der Waals surface area contributed by atoms with E-state index in [9.17, 15) is 9.90 Å². The van der Waals surface area contributed by atoms with Gasteiger partial charge in [0.15, 0.2) is 11.5 Å². The lowest BCUT2D eigenvalue weighted by atomic mass is 9.82. The maximum absolute atomic E-state index is 12.6. The van der Waals surface area contributed by atoms with E-state index in [0.717, 1.165) is 6.42 Å². The van der Waals surface area contributed by atoms with Gasteiger partial charge < -0.3 is 19.3 Å². The molecule has 1 unspecified atom stereocenters. The van der Waals surface area contributed by atoms with Crippen LogP contribution in [-0.2, 0) is 11.8 Å². The normalized spacial score (nSPS) is 24.6. The quantitative estimate of drug-likeness (QED) is 0.845. The molecule has 0 spiro atoms. The lowest BCUT2D eigenvalue weighted by Gasteiger charge is -2.47. The number of ether oxygens (including phenoxy) is 1. The summed E-state index contributed by atoms with van der Waals surface area (Å²) in [6.45, 7) is 3.87. The summed E-state index contributed by atoms with van der Waals surface area (Å²) < 4.78 is 6.99. The molecule has 3 heterocycles. The lowest BCUT2D eigenvalue weighted by Crippen LogP contribution is -2.60. The fourth-order valence-electron chi connectivity index (χ4n) is 2.79. The highest BCUT2D eigenvalue weighted by atomic mass is 16.5. The number of aromatic nitrogens is 2. The molecule has 0 saturated carbocycles. The zero-order valence-corrected chi connectivity index (χ0v) is 12.0. The monoisotopic (exact) mass is 280 g/mol. The average molecular weight is 280 g/mol. The third kappa shape index (κ3) is 1.73. The number of amides is 1. The van der Waals surface area contributed by atoms with Gasteiger partial charge in [-0.05, 0) is 6.42 Å². The molecule has 7 heteroatoms. The van der Waals surface area contributed by atoms with Gasteiger partial charge in [0.2, 0.25) is 6.35 Å². The number of aliphatic hydroxyl groups excluding tert-OH is 1. The van der Waals surface area contributed by atoms with E-state index in [2.05, 4.69) is 11.9 Å². The van der Waals surface area contributed by atoms with Crippen LogP contribution in [0.1, 0.15) is 23.8 Å². The van der Waals surface area contributed by atoms with E-state index in [4.69, 9.17) is 4.74 Å². The minimum atomic E-state index is -0.978. The van der Waals surface area contributed by atoms with Gasteiger partial charge in [0.1, 0.15) is 0 Å². The Hall–Kier alpha value is -1.60.